The number of nitrogens with one attached hydrogen (secondary N) is 3. The first-order valence-electron chi connectivity index (χ1n) is 9.52. The molecule has 1 aromatic heterocycles. The molecule has 2 heterocycles. The second-order valence-electron chi connectivity index (χ2n) is 7.03. The van der Waals surface area contributed by atoms with Gasteiger partial charge in [0.05, 0.1) is 12.8 Å². The average molecular weight is 423 g/mol. The fourth-order valence-electron chi connectivity index (χ4n) is 3.23. The maximum absolute atomic E-state index is 12.5. The number of aliphatic imine (C=N–C) groups is 1. The Morgan fingerprint density at radius 2 is 2.03 bits per heavy atom. The molecule has 30 heavy (non-hydrogen) atoms. The van der Waals surface area contributed by atoms with Crippen molar-refractivity contribution in [3.05, 3.63) is 54.0 Å². The molecule has 1 aliphatic heterocycles. The number of anilines is 1. The number of likely N-dealkylation sites (tertiary alicyclic amines) is 1. The highest BCUT2D eigenvalue weighted by atomic mass is 19.4. The summed E-state index contributed by atoms with van der Waals surface area (Å²) < 4.78 is 42.6. The third kappa shape index (κ3) is 6.51. The standard InChI is InChI=1S/C20H24F3N5O2/c1-24-19(27-16-8-9-28(12-16)13-20(21,22)23)25-11-14-4-6-15(7-5-14)26-18(29)17-3-2-10-30-17/h2-7,10,16H,8-9,11-13H2,1H3,(H,26,29)(H2,24,25,27). The maximum Gasteiger partial charge on any atom is 0.401 e. The third-order valence-electron chi connectivity index (χ3n) is 4.66. The van der Waals surface area contributed by atoms with Crippen LogP contribution in [0.4, 0.5) is 18.9 Å². The lowest BCUT2D eigenvalue weighted by Crippen LogP contribution is -2.44. The number of hydrogen-bond acceptors (Lipinski definition) is 4. The van der Waals surface area contributed by atoms with Crippen molar-refractivity contribution in [1.82, 2.24) is 15.5 Å². The van der Waals surface area contributed by atoms with Gasteiger partial charge in [0.15, 0.2) is 11.7 Å². The molecule has 10 heteroatoms. The molecule has 1 aliphatic rings. The van der Waals surface area contributed by atoms with Gasteiger partial charge in [0.1, 0.15) is 0 Å². The van der Waals surface area contributed by atoms with Gasteiger partial charge in [-0.15, -0.1) is 0 Å². The fourth-order valence-corrected chi connectivity index (χ4v) is 3.23. The average Bonchev–Trinajstić information content (AvgIpc) is 3.37. The summed E-state index contributed by atoms with van der Waals surface area (Å²) >= 11 is 0. The van der Waals surface area contributed by atoms with Crippen molar-refractivity contribution < 1.29 is 22.4 Å². The summed E-state index contributed by atoms with van der Waals surface area (Å²) in [6, 6.07) is 10.4. The Morgan fingerprint density at radius 3 is 2.67 bits per heavy atom. The Hall–Kier alpha value is -3.01. The molecule has 0 radical (unpaired) electrons. The summed E-state index contributed by atoms with van der Waals surface area (Å²) in [6.07, 6.45) is -2.12. The molecule has 1 atom stereocenters. The van der Waals surface area contributed by atoms with Crippen molar-refractivity contribution in [2.75, 3.05) is 32.0 Å². The number of hydrogen-bond donors (Lipinski definition) is 3. The van der Waals surface area contributed by atoms with E-state index in [4.69, 9.17) is 4.42 Å². The van der Waals surface area contributed by atoms with E-state index in [2.05, 4.69) is 20.9 Å². The van der Waals surface area contributed by atoms with E-state index in [-0.39, 0.29) is 17.7 Å². The second-order valence-corrected chi connectivity index (χ2v) is 7.03. The predicted molar refractivity (Wildman–Crippen MR) is 107 cm³/mol. The van der Waals surface area contributed by atoms with Crippen molar-refractivity contribution in [1.29, 1.82) is 0 Å². The monoisotopic (exact) mass is 423 g/mol. The van der Waals surface area contributed by atoms with E-state index < -0.39 is 12.7 Å². The van der Waals surface area contributed by atoms with Crippen LogP contribution in [0.3, 0.4) is 0 Å². The molecule has 2 aromatic rings. The number of carbonyl (C=O) groups is 1. The van der Waals surface area contributed by atoms with Crippen LogP contribution in [-0.2, 0) is 6.54 Å². The highest BCUT2D eigenvalue weighted by Crippen LogP contribution is 2.20. The van der Waals surface area contributed by atoms with Gasteiger partial charge in [-0.3, -0.25) is 14.7 Å². The summed E-state index contributed by atoms with van der Waals surface area (Å²) in [4.78, 5) is 17.5. The first-order chi connectivity index (χ1) is 14.3. The third-order valence-corrected chi connectivity index (χ3v) is 4.66. The Kier molecular flexibility index (Phi) is 6.99. The molecule has 1 amide bonds. The van der Waals surface area contributed by atoms with Crippen molar-refractivity contribution in [2.45, 2.75) is 25.2 Å². The molecule has 3 rings (SSSR count). The smallest absolute Gasteiger partial charge is 0.401 e. The van der Waals surface area contributed by atoms with Crippen LogP contribution in [0.15, 0.2) is 52.1 Å². The summed E-state index contributed by atoms with van der Waals surface area (Å²) in [5.41, 5.74) is 1.59. The number of benzene rings is 1. The highest BCUT2D eigenvalue weighted by molar-refractivity contribution is 6.02. The normalized spacial score (nSPS) is 17.7. The number of carbonyl (C=O) groups excluding carboxylic acids is 1. The molecule has 0 aliphatic carbocycles. The summed E-state index contributed by atoms with van der Waals surface area (Å²) in [6.45, 7) is 0.314. The van der Waals surface area contributed by atoms with Crippen molar-refractivity contribution in [3.63, 3.8) is 0 Å². The van der Waals surface area contributed by atoms with Crippen LogP contribution in [0.1, 0.15) is 22.5 Å². The van der Waals surface area contributed by atoms with Crippen LogP contribution in [-0.4, -0.2) is 55.7 Å². The van der Waals surface area contributed by atoms with Crippen LogP contribution in [0.5, 0.6) is 0 Å². The Morgan fingerprint density at radius 1 is 1.27 bits per heavy atom. The second kappa shape index (κ2) is 9.66. The Balaban J connectivity index is 1.44. The molecule has 0 saturated carbocycles. The van der Waals surface area contributed by atoms with Crippen LogP contribution < -0.4 is 16.0 Å². The number of amides is 1. The Labute approximate surface area is 172 Å². The van der Waals surface area contributed by atoms with Gasteiger partial charge in [-0.25, -0.2) is 0 Å². The quantitative estimate of drug-likeness (QED) is 0.492. The van der Waals surface area contributed by atoms with Crippen molar-refractivity contribution >= 4 is 17.6 Å². The molecule has 162 valence electrons. The van der Waals surface area contributed by atoms with E-state index in [1.165, 1.54) is 11.2 Å². The van der Waals surface area contributed by atoms with E-state index >= 15 is 0 Å². The summed E-state index contributed by atoms with van der Waals surface area (Å²) in [5, 5.41) is 9.06. The number of guanidine groups is 1. The highest BCUT2D eigenvalue weighted by Gasteiger charge is 2.34. The summed E-state index contributed by atoms with van der Waals surface area (Å²) in [7, 11) is 1.62. The molecule has 1 aromatic carbocycles. The minimum absolute atomic E-state index is 0.0854. The van der Waals surface area contributed by atoms with Gasteiger partial charge >= 0.3 is 6.18 Å². The first-order valence-corrected chi connectivity index (χ1v) is 9.52. The number of rotatable bonds is 6. The molecule has 0 spiro atoms. The van der Waals surface area contributed by atoms with Gasteiger partial charge in [-0.1, -0.05) is 12.1 Å². The largest absolute Gasteiger partial charge is 0.459 e. The summed E-state index contributed by atoms with van der Waals surface area (Å²) in [5.74, 6) is 0.437. The van der Waals surface area contributed by atoms with Gasteiger partial charge in [0, 0.05) is 38.4 Å². The van der Waals surface area contributed by atoms with Gasteiger partial charge in [-0.2, -0.15) is 13.2 Å². The zero-order valence-corrected chi connectivity index (χ0v) is 16.5. The molecule has 0 bridgehead atoms. The molecule has 7 nitrogen and oxygen atoms in total. The SMILES string of the molecule is CN=C(NCc1ccc(NC(=O)c2ccco2)cc1)NC1CCN(CC(F)(F)F)C1. The van der Waals surface area contributed by atoms with Crippen LogP contribution in [0.25, 0.3) is 0 Å². The molecule has 1 unspecified atom stereocenters. The molecule has 1 saturated heterocycles. The number of alkyl halides is 3. The van der Waals surface area contributed by atoms with Gasteiger partial charge < -0.3 is 20.4 Å². The van der Waals surface area contributed by atoms with E-state index in [0.29, 0.717) is 37.7 Å². The zero-order chi connectivity index (χ0) is 21.6. The maximum atomic E-state index is 12.5. The number of furan rings is 1. The van der Waals surface area contributed by atoms with E-state index in [0.717, 1.165) is 5.56 Å². The van der Waals surface area contributed by atoms with Crippen molar-refractivity contribution in [3.8, 4) is 0 Å². The fraction of sp³-hybridized carbons (Fsp3) is 0.400. The van der Waals surface area contributed by atoms with Gasteiger partial charge in [0.25, 0.3) is 5.91 Å². The predicted octanol–water partition coefficient (Wildman–Crippen LogP) is 2.83. The lowest BCUT2D eigenvalue weighted by Gasteiger charge is -2.20. The lowest BCUT2D eigenvalue weighted by molar-refractivity contribution is -0.143. The Bertz CT molecular complexity index is 850. The molecular formula is C20H24F3N5O2. The lowest BCUT2D eigenvalue weighted by atomic mass is 10.2. The topological polar surface area (TPSA) is 81.9 Å². The number of halogens is 3. The van der Waals surface area contributed by atoms with E-state index in [1.54, 1.807) is 31.3 Å². The number of nitrogens with zero attached hydrogens (tertiary/aromatic N) is 2. The van der Waals surface area contributed by atoms with Gasteiger partial charge in [0.2, 0.25) is 0 Å². The minimum atomic E-state index is -4.18. The first kappa shape index (κ1) is 21.7. The van der Waals surface area contributed by atoms with Crippen LogP contribution >= 0.6 is 0 Å². The van der Waals surface area contributed by atoms with E-state index in [1.807, 2.05) is 12.1 Å². The van der Waals surface area contributed by atoms with Gasteiger partial charge in [-0.05, 0) is 36.2 Å². The molecular weight excluding hydrogens is 399 g/mol. The van der Waals surface area contributed by atoms with Crippen molar-refractivity contribution in [2.24, 2.45) is 4.99 Å². The minimum Gasteiger partial charge on any atom is -0.459 e. The molecule has 1 fully saturated rings. The van der Waals surface area contributed by atoms with Crippen LogP contribution in [0.2, 0.25) is 0 Å². The zero-order valence-electron chi connectivity index (χ0n) is 16.5. The van der Waals surface area contributed by atoms with E-state index in [9.17, 15) is 18.0 Å². The van der Waals surface area contributed by atoms with Crippen LogP contribution in [0, 0.1) is 0 Å². The molecule has 3 N–H and O–H groups in total.